The summed E-state index contributed by atoms with van der Waals surface area (Å²) < 4.78 is 14.3. The highest BCUT2D eigenvalue weighted by Gasteiger charge is 2.32. The van der Waals surface area contributed by atoms with E-state index in [0.717, 1.165) is 48.8 Å². The second-order valence-electron chi connectivity index (χ2n) is 7.49. The molecule has 1 aromatic carbocycles. The molecule has 0 N–H and O–H groups in total. The van der Waals surface area contributed by atoms with E-state index in [1.807, 2.05) is 23.1 Å². The van der Waals surface area contributed by atoms with Crippen molar-refractivity contribution in [1.29, 1.82) is 0 Å². The number of cyclic esters (lactones) is 1. The largest absolute Gasteiger partial charge is 0.447 e. The van der Waals surface area contributed by atoms with Gasteiger partial charge in [0.15, 0.2) is 0 Å². The highest BCUT2D eigenvalue weighted by atomic mass is 32.2. The van der Waals surface area contributed by atoms with Gasteiger partial charge in [-0.3, -0.25) is 0 Å². The Kier molecular flexibility index (Phi) is 6.84. The average molecular weight is 431 g/mol. The number of benzene rings is 1. The summed E-state index contributed by atoms with van der Waals surface area (Å²) >= 11 is 3.02. The molecule has 0 saturated carbocycles. The molecule has 2 aromatic rings. The first-order chi connectivity index (χ1) is 14.2. The van der Waals surface area contributed by atoms with Gasteiger partial charge < -0.3 is 14.5 Å². The van der Waals surface area contributed by atoms with Gasteiger partial charge in [0.05, 0.1) is 17.8 Å². The molecule has 1 saturated heterocycles. The number of aromatic nitrogens is 2. The topological polar surface area (TPSA) is 58.6 Å². The first-order valence-electron chi connectivity index (χ1n) is 10.0. The molecule has 8 heteroatoms. The minimum Gasteiger partial charge on any atom is -0.447 e. The second kappa shape index (κ2) is 9.73. The Hall–Kier alpha value is -1.90. The molecule has 1 fully saturated rings. The molecule has 154 valence electrons. The zero-order valence-electron chi connectivity index (χ0n) is 16.6. The van der Waals surface area contributed by atoms with Crippen molar-refractivity contribution >= 4 is 35.2 Å². The van der Waals surface area contributed by atoms with Crippen LogP contribution < -0.4 is 0 Å². The zero-order valence-corrected chi connectivity index (χ0v) is 18.3. The molecule has 29 heavy (non-hydrogen) atoms. The summed E-state index contributed by atoms with van der Waals surface area (Å²) in [5.74, 6) is 0.906. The van der Waals surface area contributed by atoms with Crippen LogP contribution in [0.15, 0.2) is 41.4 Å². The molecule has 2 aliphatic heterocycles. The van der Waals surface area contributed by atoms with Crippen molar-refractivity contribution in [3.05, 3.63) is 47.7 Å². The third kappa shape index (κ3) is 5.18. The molecular formula is C21H26N4O2S2. The summed E-state index contributed by atoms with van der Waals surface area (Å²) in [6, 6.07) is 10.4. The number of thioether (sulfide) groups is 1. The van der Waals surface area contributed by atoms with E-state index in [9.17, 15) is 4.79 Å². The van der Waals surface area contributed by atoms with Gasteiger partial charge in [0, 0.05) is 25.4 Å². The number of nitrogens with zero attached hydrogens (tertiary/aromatic N) is 4. The van der Waals surface area contributed by atoms with Crippen molar-refractivity contribution in [3.63, 3.8) is 0 Å². The molecule has 0 radical (unpaired) electrons. The van der Waals surface area contributed by atoms with Crippen LogP contribution in [0.4, 0.5) is 4.79 Å². The van der Waals surface area contributed by atoms with Crippen LogP contribution in [0.5, 0.6) is 0 Å². The van der Waals surface area contributed by atoms with E-state index in [0.29, 0.717) is 13.2 Å². The predicted molar refractivity (Wildman–Crippen MR) is 117 cm³/mol. The highest BCUT2D eigenvalue weighted by Crippen LogP contribution is 2.29. The van der Waals surface area contributed by atoms with Crippen molar-refractivity contribution in [2.24, 2.45) is 0 Å². The van der Waals surface area contributed by atoms with Crippen LogP contribution >= 0.6 is 23.5 Å². The monoisotopic (exact) mass is 430 g/mol. The number of amides is 1. The molecule has 4 rings (SSSR count). The van der Waals surface area contributed by atoms with E-state index >= 15 is 0 Å². The predicted octanol–water partition coefficient (Wildman–Crippen LogP) is 3.80. The number of carbonyl (C=O) groups is 1. The number of hydrogen-bond donors (Lipinski definition) is 0. The SMILES string of the molecule is CN1CCC=C(c2nsnc2SCCCN2C(=O)OC[C@@H]2Cc2ccccc2)C1. The Morgan fingerprint density at radius 1 is 1.28 bits per heavy atom. The lowest BCUT2D eigenvalue weighted by Gasteiger charge is -2.22. The van der Waals surface area contributed by atoms with Gasteiger partial charge in [-0.25, -0.2) is 4.79 Å². The van der Waals surface area contributed by atoms with Crippen LogP contribution in [0.2, 0.25) is 0 Å². The third-order valence-electron chi connectivity index (χ3n) is 5.28. The van der Waals surface area contributed by atoms with Crippen LogP contribution in [0.3, 0.4) is 0 Å². The Morgan fingerprint density at radius 3 is 2.97 bits per heavy atom. The molecule has 1 atom stereocenters. The molecule has 0 bridgehead atoms. The quantitative estimate of drug-likeness (QED) is 0.469. The maximum atomic E-state index is 12.2. The number of ether oxygens (including phenoxy) is 1. The molecule has 1 aromatic heterocycles. The van der Waals surface area contributed by atoms with E-state index in [4.69, 9.17) is 4.74 Å². The second-order valence-corrected chi connectivity index (χ2v) is 9.10. The molecule has 0 aliphatic carbocycles. The summed E-state index contributed by atoms with van der Waals surface area (Å²) in [5, 5.41) is 1.02. The van der Waals surface area contributed by atoms with Crippen LogP contribution in [-0.2, 0) is 11.2 Å². The first-order valence-corrected chi connectivity index (χ1v) is 11.7. The molecular weight excluding hydrogens is 404 g/mol. The summed E-state index contributed by atoms with van der Waals surface area (Å²) in [6.45, 7) is 3.21. The van der Waals surface area contributed by atoms with Crippen LogP contribution in [0.1, 0.15) is 24.1 Å². The fourth-order valence-electron chi connectivity index (χ4n) is 3.76. The van der Waals surface area contributed by atoms with E-state index < -0.39 is 0 Å². The van der Waals surface area contributed by atoms with Gasteiger partial charge in [-0.15, -0.1) is 11.8 Å². The van der Waals surface area contributed by atoms with Gasteiger partial charge in [0.25, 0.3) is 0 Å². The van der Waals surface area contributed by atoms with Crippen molar-refractivity contribution in [3.8, 4) is 0 Å². The maximum absolute atomic E-state index is 12.2. The van der Waals surface area contributed by atoms with Crippen molar-refractivity contribution in [2.45, 2.75) is 30.3 Å². The number of hydrogen-bond acceptors (Lipinski definition) is 7. The number of rotatable bonds is 8. The summed E-state index contributed by atoms with van der Waals surface area (Å²) in [4.78, 5) is 16.3. The minimum absolute atomic E-state index is 0.120. The summed E-state index contributed by atoms with van der Waals surface area (Å²) in [5.41, 5.74) is 3.55. The average Bonchev–Trinajstić information content (AvgIpc) is 3.33. The van der Waals surface area contributed by atoms with Crippen molar-refractivity contribution in [1.82, 2.24) is 18.5 Å². The highest BCUT2D eigenvalue weighted by molar-refractivity contribution is 7.99. The Balaban J connectivity index is 1.28. The Labute approximate surface area is 180 Å². The van der Waals surface area contributed by atoms with Crippen molar-refractivity contribution in [2.75, 3.05) is 39.0 Å². The number of likely N-dealkylation sites (N-methyl/N-ethyl adjacent to an activating group) is 1. The van der Waals surface area contributed by atoms with Crippen molar-refractivity contribution < 1.29 is 9.53 Å². The molecule has 2 aliphatic rings. The van der Waals surface area contributed by atoms with Gasteiger partial charge in [-0.1, -0.05) is 36.4 Å². The molecule has 0 unspecified atom stereocenters. The minimum atomic E-state index is -0.192. The lowest BCUT2D eigenvalue weighted by Crippen LogP contribution is -2.36. The van der Waals surface area contributed by atoms with Crippen LogP contribution in [0.25, 0.3) is 5.57 Å². The van der Waals surface area contributed by atoms with Gasteiger partial charge in [0.1, 0.15) is 17.3 Å². The van der Waals surface area contributed by atoms with E-state index in [1.165, 1.54) is 22.9 Å². The zero-order chi connectivity index (χ0) is 20.1. The van der Waals surface area contributed by atoms with Crippen LogP contribution in [0, 0.1) is 0 Å². The fraction of sp³-hybridized carbons (Fsp3) is 0.476. The van der Waals surface area contributed by atoms with Gasteiger partial charge in [0.2, 0.25) is 0 Å². The van der Waals surface area contributed by atoms with E-state index in [1.54, 1.807) is 11.8 Å². The fourth-order valence-corrected chi connectivity index (χ4v) is 5.39. The van der Waals surface area contributed by atoms with Gasteiger partial charge in [-0.2, -0.15) is 8.75 Å². The third-order valence-corrected chi connectivity index (χ3v) is 6.97. The molecule has 0 spiro atoms. The number of carbonyl (C=O) groups excluding carboxylic acids is 1. The summed E-state index contributed by atoms with van der Waals surface area (Å²) in [7, 11) is 2.14. The van der Waals surface area contributed by atoms with Gasteiger partial charge >= 0.3 is 6.09 Å². The standard InChI is InChI=1S/C21H26N4O2S2/c1-24-10-5-9-17(14-24)19-20(23-29-22-19)28-12-6-11-25-18(15-27-21(25)26)13-16-7-3-2-4-8-16/h2-4,7-9,18H,5-6,10-15H2,1H3/t18-/m0/s1. The smallest absolute Gasteiger partial charge is 0.410 e. The normalized spacial score (nSPS) is 20.0. The van der Waals surface area contributed by atoms with Gasteiger partial charge in [-0.05, 0) is 37.4 Å². The summed E-state index contributed by atoms with van der Waals surface area (Å²) in [6.07, 6.45) is 4.90. The lowest BCUT2D eigenvalue weighted by molar-refractivity contribution is 0.158. The first kappa shape index (κ1) is 20.4. The van der Waals surface area contributed by atoms with E-state index in [2.05, 4.69) is 38.9 Å². The molecule has 1 amide bonds. The Morgan fingerprint density at radius 2 is 2.14 bits per heavy atom. The van der Waals surface area contributed by atoms with Crippen LogP contribution in [-0.4, -0.2) is 69.7 Å². The van der Waals surface area contributed by atoms with E-state index in [-0.39, 0.29) is 12.1 Å². The molecule has 6 nitrogen and oxygen atoms in total. The Bertz CT molecular complexity index is 855. The maximum Gasteiger partial charge on any atom is 0.410 e. The lowest BCUT2D eigenvalue weighted by atomic mass is 10.1. The molecule has 3 heterocycles.